The summed E-state index contributed by atoms with van der Waals surface area (Å²) in [4.78, 5) is 0. The van der Waals surface area contributed by atoms with Crippen molar-refractivity contribution < 1.29 is 9.13 Å². The van der Waals surface area contributed by atoms with Crippen molar-refractivity contribution in [1.29, 1.82) is 0 Å². The molecule has 4 rings (SSSR count). The van der Waals surface area contributed by atoms with E-state index in [0.29, 0.717) is 12.2 Å². The lowest BCUT2D eigenvalue weighted by atomic mass is 10.1. The van der Waals surface area contributed by atoms with Crippen LogP contribution in [0.15, 0.2) is 67.1 Å². The summed E-state index contributed by atoms with van der Waals surface area (Å²) in [7, 11) is 1.65. The zero-order valence-electron chi connectivity index (χ0n) is 17.2. The highest BCUT2D eigenvalue weighted by molar-refractivity contribution is 5.39. The van der Waals surface area contributed by atoms with Gasteiger partial charge in [0.1, 0.15) is 11.6 Å². The third kappa shape index (κ3) is 4.11. The Hall–Kier alpha value is -3.45. The van der Waals surface area contributed by atoms with Crippen molar-refractivity contribution in [2.24, 2.45) is 0 Å². The maximum atomic E-state index is 13.4. The molecule has 7 heteroatoms. The number of methoxy groups -OCH3 is 1. The van der Waals surface area contributed by atoms with Crippen molar-refractivity contribution in [3.8, 4) is 17.1 Å². The predicted octanol–water partition coefficient (Wildman–Crippen LogP) is 4.36. The maximum absolute atomic E-state index is 13.4. The third-order valence-electron chi connectivity index (χ3n) is 5.15. The van der Waals surface area contributed by atoms with E-state index in [1.54, 1.807) is 24.1 Å². The minimum atomic E-state index is -0.277. The Kier molecular flexibility index (Phi) is 5.63. The quantitative estimate of drug-likeness (QED) is 0.496. The lowest BCUT2D eigenvalue weighted by molar-refractivity contribution is 0.414. The summed E-state index contributed by atoms with van der Waals surface area (Å²) in [5.74, 6) is 0.540. The molecule has 0 aliphatic heterocycles. The van der Waals surface area contributed by atoms with Crippen LogP contribution in [0, 0.1) is 12.7 Å². The Balaban J connectivity index is 1.43. The van der Waals surface area contributed by atoms with E-state index >= 15 is 0 Å². The van der Waals surface area contributed by atoms with Gasteiger partial charge in [0.25, 0.3) is 0 Å². The van der Waals surface area contributed by atoms with E-state index in [-0.39, 0.29) is 11.9 Å². The first-order chi connectivity index (χ1) is 14.5. The van der Waals surface area contributed by atoms with Crippen LogP contribution in [-0.4, -0.2) is 26.7 Å². The summed E-state index contributed by atoms with van der Waals surface area (Å²) in [6, 6.07) is 14.3. The minimum absolute atomic E-state index is 0.106. The molecule has 6 nitrogen and oxygen atoms in total. The van der Waals surface area contributed by atoms with Gasteiger partial charge >= 0.3 is 0 Å². The molecule has 0 aliphatic rings. The van der Waals surface area contributed by atoms with E-state index < -0.39 is 0 Å². The second kappa shape index (κ2) is 8.51. The lowest BCUT2D eigenvalue weighted by Crippen LogP contribution is -2.18. The highest BCUT2D eigenvalue weighted by Crippen LogP contribution is 2.22. The highest BCUT2D eigenvalue weighted by Gasteiger charge is 2.14. The Bertz CT molecular complexity index is 1130. The van der Waals surface area contributed by atoms with Gasteiger partial charge in [-0.2, -0.15) is 10.2 Å². The van der Waals surface area contributed by atoms with Crippen LogP contribution >= 0.6 is 0 Å². The van der Waals surface area contributed by atoms with Crippen molar-refractivity contribution in [1.82, 2.24) is 24.9 Å². The van der Waals surface area contributed by atoms with Crippen LogP contribution in [-0.2, 0) is 6.54 Å². The number of aromatic nitrogens is 4. The molecule has 0 unspecified atom stereocenters. The highest BCUT2D eigenvalue weighted by atomic mass is 19.1. The molecule has 1 atom stereocenters. The molecule has 0 bridgehead atoms. The van der Waals surface area contributed by atoms with Gasteiger partial charge < -0.3 is 10.1 Å². The fourth-order valence-electron chi connectivity index (χ4n) is 3.42. The normalized spacial score (nSPS) is 12.1. The van der Waals surface area contributed by atoms with Crippen molar-refractivity contribution in [2.45, 2.75) is 26.4 Å². The Morgan fingerprint density at radius 1 is 1.07 bits per heavy atom. The number of halogens is 1. The van der Waals surface area contributed by atoms with Gasteiger partial charge in [-0.15, -0.1) is 0 Å². The van der Waals surface area contributed by atoms with Gasteiger partial charge in [-0.3, -0.25) is 0 Å². The number of benzene rings is 2. The summed E-state index contributed by atoms with van der Waals surface area (Å²) < 4.78 is 22.3. The van der Waals surface area contributed by atoms with E-state index in [1.807, 2.05) is 47.4 Å². The van der Waals surface area contributed by atoms with Crippen LogP contribution in [0.2, 0.25) is 0 Å². The van der Waals surface area contributed by atoms with E-state index in [9.17, 15) is 4.39 Å². The van der Waals surface area contributed by atoms with Crippen LogP contribution < -0.4 is 10.1 Å². The number of nitrogens with zero attached hydrogens (tertiary/aromatic N) is 4. The Morgan fingerprint density at radius 3 is 2.60 bits per heavy atom. The third-order valence-corrected chi connectivity index (χ3v) is 5.15. The Labute approximate surface area is 174 Å². The first kappa shape index (κ1) is 19.8. The van der Waals surface area contributed by atoms with E-state index in [0.717, 1.165) is 28.3 Å². The SMILES string of the molecule is COc1ccc(-n2ncc([C@H](C)NCc3cnn(-c4cccc(F)c4)c3)c2C)cc1. The second-order valence-corrected chi connectivity index (χ2v) is 7.17. The first-order valence-corrected chi connectivity index (χ1v) is 9.77. The van der Waals surface area contributed by atoms with Crippen LogP contribution in [0.1, 0.15) is 29.8 Å². The van der Waals surface area contributed by atoms with Gasteiger partial charge in [0.15, 0.2) is 0 Å². The molecule has 30 heavy (non-hydrogen) atoms. The molecule has 2 aromatic heterocycles. The average molecular weight is 405 g/mol. The molecule has 0 amide bonds. The average Bonchev–Trinajstić information content (AvgIpc) is 3.39. The fourth-order valence-corrected chi connectivity index (χ4v) is 3.42. The molecular weight excluding hydrogens is 381 g/mol. The van der Waals surface area contributed by atoms with Gasteiger partial charge in [0, 0.05) is 35.6 Å². The van der Waals surface area contributed by atoms with Crippen molar-refractivity contribution in [3.05, 3.63) is 89.8 Å². The summed E-state index contributed by atoms with van der Waals surface area (Å²) >= 11 is 0. The standard InChI is InChI=1S/C23H24FN5O/c1-16(23-14-27-29(17(23)2)20-7-9-22(30-3)10-8-20)25-12-18-13-26-28(15-18)21-6-4-5-19(24)11-21/h4-11,13-16,25H,12H2,1-3H3/t16-/m0/s1. The molecule has 0 fully saturated rings. The molecule has 0 radical (unpaired) electrons. The van der Waals surface area contributed by atoms with Gasteiger partial charge in [-0.25, -0.2) is 13.8 Å². The van der Waals surface area contributed by atoms with Gasteiger partial charge in [0.05, 0.1) is 30.9 Å². The van der Waals surface area contributed by atoms with Crippen molar-refractivity contribution in [2.75, 3.05) is 7.11 Å². The van der Waals surface area contributed by atoms with Crippen LogP contribution in [0.3, 0.4) is 0 Å². The monoisotopic (exact) mass is 405 g/mol. The zero-order chi connectivity index (χ0) is 21.1. The molecule has 4 aromatic rings. The smallest absolute Gasteiger partial charge is 0.125 e. The Morgan fingerprint density at radius 2 is 1.87 bits per heavy atom. The van der Waals surface area contributed by atoms with Crippen LogP contribution in [0.4, 0.5) is 4.39 Å². The van der Waals surface area contributed by atoms with Crippen molar-refractivity contribution >= 4 is 0 Å². The molecule has 0 spiro atoms. The number of rotatable bonds is 7. The molecule has 0 saturated heterocycles. The number of hydrogen-bond donors (Lipinski definition) is 1. The minimum Gasteiger partial charge on any atom is -0.497 e. The van der Waals surface area contributed by atoms with Gasteiger partial charge in [-0.05, 0) is 56.3 Å². The van der Waals surface area contributed by atoms with Gasteiger partial charge in [0.2, 0.25) is 0 Å². The number of ether oxygens (including phenoxy) is 1. The van der Waals surface area contributed by atoms with Gasteiger partial charge in [-0.1, -0.05) is 6.07 Å². The fraction of sp³-hybridized carbons (Fsp3) is 0.217. The van der Waals surface area contributed by atoms with E-state index in [1.165, 1.54) is 12.1 Å². The summed E-state index contributed by atoms with van der Waals surface area (Å²) in [5.41, 5.74) is 4.92. The maximum Gasteiger partial charge on any atom is 0.125 e. The van der Waals surface area contributed by atoms with Crippen LogP contribution in [0.5, 0.6) is 5.75 Å². The topological polar surface area (TPSA) is 56.9 Å². The van der Waals surface area contributed by atoms with Crippen LogP contribution in [0.25, 0.3) is 11.4 Å². The summed E-state index contributed by atoms with van der Waals surface area (Å²) in [6.07, 6.45) is 5.59. The largest absolute Gasteiger partial charge is 0.497 e. The zero-order valence-corrected chi connectivity index (χ0v) is 17.2. The molecule has 0 aliphatic carbocycles. The molecule has 1 N–H and O–H groups in total. The number of nitrogens with one attached hydrogen (secondary N) is 1. The van der Waals surface area contributed by atoms with E-state index in [2.05, 4.69) is 29.4 Å². The van der Waals surface area contributed by atoms with E-state index in [4.69, 9.17) is 4.74 Å². The summed E-state index contributed by atoms with van der Waals surface area (Å²) in [5, 5.41) is 12.4. The molecule has 2 heterocycles. The summed E-state index contributed by atoms with van der Waals surface area (Å²) in [6.45, 7) is 4.82. The number of hydrogen-bond acceptors (Lipinski definition) is 4. The molecular formula is C23H24FN5O. The van der Waals surface area contributed by atoms with Crippen molar-refractivity contribution in [3.63, 3.8) is 0 Å². The molecule has 154 valence electrons. The first-order valence-electron chi connectivity index (χ1n) is 9.77. The second-order valence-electron chi connectivity index (χ2n) is 7.17. The predicted molar refractivity (Wildman–Crippen MR) is 114 cm³/mol. The molecule has 0 saturated carbocycles. The molecule has 2 aromatic carbocycles. The lowest BCUT2D eigenvalue weighted by Gasteiger charge is -2.13.